The average molecular weight is 479 g/mol. The highest BCUT2D eigenvalue weighted by Gasteiger charge is 2.51. The van der Waals surface area contributed by atoms with Crippen molar-refractivity contribution in [3.8, 4) is 11.5 Å². The highest BCUT2D eigenvalue weighted by atomic mass is 16.5. The molecular formula is C32H30O4. The molecule has 0 radical (unpaired) electrons. The van der Waals surface area contributed by atoms with E-state index in [1.54, 1.807) is 0 Å². The van der Waals surface area contributed by atoms with Gasteiger partial charge in [0.2, 0.25) is 0 Å². The summed E-state index contributed by atoms with van der Waals surface area (Å²) in [5, 5.41) is 21.0. The summed E-state index contributed by atoms with van der Waals surface area (Å²) >= 11 is 0. The summed E-state index contributed by atoms with van der Waals surface area (Å²) in [4.78, 5) is 0. The van der Waals surface area contributed by atoms with E-state index in [2.05, 4.69) is 48.5 Å². The van der Waals surface area contributed by atoms with Gasteiger partial charge in [0, 0.05) is 36.2 Å². The van der Waals surface area contributed by atoms with Gasteiger partial charge in [-0.2, -0.15) is 0 Å². The molecule has 2 N–H and O–H groups in total. The number of fused-ring (bicyclic) bond motifs is 1. The first-order chi connectivity index (χ1) is 17.8. The van der Waals surface area contributed by atoms with Crippen LogP contribution in [0.3, 0.4) is 0 Å². The molecule has 3 aliphatic rings. The maximum atomic E-state index is 10.5. The van der Waals surface area contributed by atoms with Crippen LogP contribution in [0.2, 0.25) is 0 Å². The Labute approximate surface area is 211 Å². The molecule has 0 saturated heterocycles. The summed E-state index contributed by atoms with van der Waals surface area (Å²) in [6.45, 7) is 0.939. The lowest BCUT2D eigenvalue weighted by molar-refractivity contribution is 0.0781. The Bertz CT molecular complexity index is 1230. The third kappa shape index (κ3) is 3.87. The Kier molecular flexibility index (Phi) is 6.22. The lowest BCUT2D eigenvalue weighted by Crippen LogP contribution is -2.43. The molecule has 2 bridgehead atoms. The zero-order valence-corrected chi connectivity index (χ0v) is 20.1. The van der Waals surface area contributed by atoms with E-state index in [1.807, 2.05) is 48.5 Å². The summed E-state index contributed by atoms with van der Waals surface area (Å²) in [7, 11) is 0. The third-order valence-electron chi connectivity index (χ3n) is 7.80. The Morgan fingerprint density at radius 1 is 0.500 bits per heavy atom. The van der Waals surface area contributed by atoms with Crippen molar-refractivity contribution in [3.05, 3.63) is 130 Å². The van der Waals surface area contributed by atoms with Crippen LogP contribution in [0.25, 0.3) is 0 Å². The molecule has 7 rings (SSSR count). The fourth-order valence-electron chi connectivity index (χ4n) is 6.21. The smallest absolute Gasteiger partial charge is 0.124 e. The van der Waals surface area contributed by atoms with Crippen molar-refractivity contribution in [2.75, 3.05) is 13.2 Å². The lowest BCUT2D eigenvalue weighted by Gasteiger charge is -2.50. The molecule has 36 heavy (non-hydrogen) atoms. The van der Waals surface area contributed by atoms with Crippen molar-refractivity contribution in [1.29, 1.82) is 0 Å². The number of benzene rings is 4. The second-order valence-corrected chi connectivity index (χ2v) is 9.71. The van der Waals surface area contributed by atoms with Gasteiger partial charge in [-0.1, -0.05) is 84.9 Å². The van der Waals surface area contributed by atoms with Crippen LogP contribution in [0.5, 0.6) is 11.5 Å². The first kappa shape index (κ1) is 22.8. The van der Waals surface area contributed by atoms with Gasteiger partial charge in [0.25, 0.3) is 0 Å². The van der Waals surface area contributed by atoms with Gasteiger partial charge in [0.1, 0.15) is 24.7 Å². The van der Waals surface area contributed by atoms with Crippen molar-refractivity contribution in [3.63, 3.8) is 0 Å². The molecule has 0 fully saturated rings. The van der Waals surface area contributed by atoms with E-state index >= 15 is 0 Å². The number of hydrogen-bond acceptors (Lipinski definition) is 4. The molecule has 0 unspecified atom stereocenters. The van der Waals surface area contributed by atoms with E-state index < -0.39 is 0 Å². The quantitative estimate of drug-likeness (QED) is 0.344. The molecule has 0 saturated carbocycles. The average Bonchev–Trinajstić information content (AvgIpc) is 2.95. The van der Waals surface area contributed by atoms with Crippen LogP contribution >= 0.6 is 0 Å². The highest BCUT2D eigenvalue weighted by Crippen LogP contribution is 2.62. The summed E-state index contributed by atoms with van der Waals surface area (Å²) < 4.78 is 12.9. The summed E-state index contributed by atoms with van der Waals surface area (Å²) in [6.07, 6.45) is 0. The van der Waals surface area contributed by atoms with Crippen LogP contribution in [0, 0.1) is 11.8 Å². The van der Waals surface area contributed by atoms with Gasteiger partial charge in [-0.05, 0) is 46.2 Å². The normalized spacial score (nSPS) is 21.5. The first-order valence-corrected chi connectivity index (χ1v) is 12.6. The van der Waals surface area contributed by atoms with Crippen molar-refractivity contribution in [2.45, 2.75) is 25.0 Å². The molecular weight excluding hydrogens is 448 g/mol. The van der Waals surface area contributed by atoms with E-state index in [9.17, 15) is 10.2 Å². The van der Waals surface area contributed by atoms with E-state index in [-0.39, 0.29) is 36.9 Å². The summed E-state index contributed by atoms with van der Waals surface area (Å²) in [6, 6.07) is 32.7. The Morgan fingerprint density at radius 3 is 1.28 bits per heavy atom. The summed E-state index contributed by atoms with van der Waals surface area (Å²) in [5.41, 5.74) is 6.80. The lowest BCUT2D eigenvalue weighted by atomic mass is 9.54. The molecule has 4 aromatic rings. The van der Waals surface area contributed by atoms with Crippen molar-refractivity contribution >= 4 is 0 Å². The summed E-state index contributed by atoms with van der Waals surface area (Å²) in [5.74, 6) is 1.31. The second kappa shape index (κ2) is 9.81. The van der Waals surface area contributed by atoms with Gasteiger partial charge >= 0.3 is 0 Å². The Hall–Kier alpha value is -3.60. The first-order valence-electron chi connectivity index (χ1n) is 12.6. The molecule has 182 valence electrons. The van der Waals surface area contributed by atoms with Crippen molar-refractivity contribution in [1.82, 2.24) is 0 Å². The molecule has 0 aromatic heterocycles. The molecule has 4 atom stereocenters. The van der Waals surface area contributed by atoms with E-state index in [0.29, 0.717) is 13.2 Å². The van der Waals surface area contributed by atoms with Gasteiger partial charge in [0.05, 0.1) is 0 Å². The van der Waals surface area contributed by atoms with E-state index in [1.165, 1.54) is 11.1 Å². The van der Waals surface area contributed by atoms with Crippen LogP contribution in [-0.4, -0.2) is 23.4 Å². The van der Waals surface area contributed by atoms with Gasteiger partial charge in [-0.25, -0.2) is 0 Å². The number of rotatable bonds is 8. The Balaban J connectivity index is 1.47. The van der Waals surface area contributed by atoms with Gasteiger partial charge < -0.3 is 19.7 Å². The van der Waals surface area contributed by atoms with Gasteiger partial charge in [-0.15, -0.1) is 0 Å². The van der Waals surface area contributed by atoms with Crippen LogP contribution < -0.4 is 9.47 Å². The van der Waals surface area contributed by atoms with E-state index in [0.717, 1.165) is 33.8 Å². The molecule has 4 heteroatoms. The van der Waals surface area contributed by atoms with Crippen LogP contribution in [0.4, 0.5) is 0 Å². The van der Waals surface area contributed by atoms with Gasteiger partial charge in [-0.3, -0.25) is 0 Å². The zero-order chi connectivity index (χ0) is 24.5. The van der Waals surface area contributed by atoms with Crippen LogP contribution in [-0.2, 0) is 13.2 Å². The standard InChI is InChI=1S/C32H30O4/c33-17-25-26(18-34)30-24-14-8-7-13-23(24)29(25)31-27(35-19-21-9-3-1-4-10-21)15-16-28(32(30)31)36-20-22-11-5-2-6-12-22/h1-16,25-26,29-30,33-34H,17-20H2/t25-,26+,29-,30+. The fraction of sp³-hybridized carbons (Fsp3) is 0.250. The van der Waals surface area contributed by atoms with Crippen molar-refractivity contribution < 1.29 is 19.7 Å². The van der Waals surface area contributed by atoms with Crippen molar-refractivity contribution in [2.24, 2.45) is 11.8 Å². The SMILES string of the molecule is OC[C@@H]1[C@@H]2c3ccccc3[C@@H](c3c(OCc4ccccc4)ccc(OCc4ccccc4)c32)[C@@H]1CO. The minimum atomic E-state index is -0.0918. The number of aliphatic hydroxyl groups is 2. The zero-order valence-electron chi connectivity index (χ0n) is 20.1. The maximum Gasteiger partial charge on any atom is 0.124 e. The molecule has 0 heterocycles. The predicted molar refractivity (Wildman–Crippen MR) is 139 cm³/mol. The fourth-order valence-corrected chi connectivity index (χ4v) is 6.21. The topological polar surface area (TPSA) is 58.9 Å². The molecule has 0 spiro atoms. The second-order valence-electron chi connectivity index (χ2n) is 9.71. The Morgan fingerprint density at radius 2 is 0.889 bits per heavy atom. The number of aliphatic hydroxyl groups excluding tert-OH is 2. The van der Waals surface area contributed by atoms with Crippen LogP contribution in [0.1, 0.15) is 45.2 Å². The minimum Gasteiger partial charge on any atom is -0.489 e. The number of hydrogen-bond donors (Lipinski definition) is 2. The number of ether oxygens (including phenoxy) is 2. The highest BCUT2D eigenvalue weighted by molar-refractivity contribution is 5.65. The van der Waals surface area contributed by atoms with Gasteiger partial charge in [0.15, 0.2) is 0 Å². The molecule has 4 aromatic carbocycles. The van der Waals surface area contributed by atoms with Crippen LogP contribution in [0.15, 0.2) is 97.1 Å². The molecule has 4 nitrogen and oxygen atoms in total. The predicted octanol–water partition coefficient (Wildman–Crippen LogP) is 5.65. The molecule has 3 aliphatic carbocycles. The van der Waals surface area contributed by atoms with E-state index in [4.69, 9.17) is 9.47 Å². The molecule has 0 amide bonds. The largest absolute Gasteiger partial charge is 0.489 e. The monoisotopic (exact) mass is 478 g/mol. The molecule has 0 aliphatic heterocycles. The minimum absolute atomic E-state index is 0.00733. The third-order valence-corrected chi connectivity index (χ3v) is 7.80. The maximum absolute atomic E-state index is 10.5.